The van der Waals surface area contributed by atoms with Crippen LogP contribution in [0.25, 0.3) is 0 Å². The molecule has 1 amide bonds. The van der Waals surface area contributed by atoms with Crippen molar-refractivity contribution in [3.05, 3.63) is 0 Å². The SMILES string of the molecule is CCOC(=O)C(CC1CCC1)NC(=O)C1CC2CCCC(C)C2N1. The second-order valence-electron chi connectivity index (χ2n) is 7.99. The van der Waals surface area contributed by atoms with Crippen molar-refractivity contribution in [2.45, 2.75) is 83.3 Å². The molecule has 0 aromatic rings. The maximum Gasteiger partial charge on any atom is 0.328 e. The van der Waals surface area contributed by atoms with Crippen molar-refractivity contribution in [1.82, 2.24) is 10.6 Å². The zero-order valence-electron chi connectivity index (χ0n) is 15.1. The van der Waals surface area contributed by atoms with Crippen LogP contribution in [0.5, 0.6) is 0 Å². The van der Waals surface area contributed by atoms with Gasteiger partial charge in [0.1, 0.15) is 6.04 Å². The summed E-state index contributed by atoms with van der Waals surface area (Å²) in [7, 11) is 0. The molecule has 2 N–H and O–H groups in total. The molecule has 1 heterocycles. The van der Waals surface area contributed by atoms with Gasteiger partial charge in [-0.2, -0.15) is 0 Å². The summed E-state index contributed by atoms with van der Waals surface area (Å²) in [5, 5.41) is 6.53. The minimum absolute atomic E-state index is 0.0195. The third kappa shape index (κ3) is 3.93. The van der Waals surface area contributed by atoms with Crippen LogP contribution in [-0.4, -0.2) is 36.6 Å². The Kier molecular flexibility index (Phi) is 5.80. The van der Waals surface area contributed by atoms with Crippen molar-refractivity contribution in [1.29, 1.82) is 0 Å². The van der Waals surface area contributed by atoms with Crippen molar-refractivity contribution in [3.63, 3.8) is 0 Å². The van der Waals surface area contributed by atoms with Crippen LogP contribution in [0.3, 0.4) is 0 Å². The molecule has 2 saturated carbocycles. The van der Waals surface area contributed by atoms with Gasteiger partial charge >= 0.3 is 5.97 Å². The van der Waals surface area contributed by atoms with E-state index in [4.69, 9.17) is 4.74 Å². The number of hydrogen-bond donors (Lipinski definition) is 2. The van der Waals surface area contributed by atoms with Gasteiger partial charge < -0.3 is 15.4 Å². The van der Waals surface area contributed by atoms with Gasteiger partial charge in [0.15, 0.2) is 0 Å². The average Bonchev–Trinajstić information content (AvgIpc) is 2.95. The van der Waals surface area contributed by atoms with Crippen molar-refractivity contribution in [2.24, 2.45) is 17.8 Å². The molecular formula is C19H32N2O3. The van der Waals surface area contributed by atoms with Gasteiger partial charge in [0.05, 0.1) is 12.6 Å². The van der Waals surface area contributed by atoms with Crippen LogP contribution in [0.4, 0.5) is 0 Å². The van der Waals surface area contributed by atoms with Gasteiger partial charge in [-0.3, -0.25) is 4.79 Å². The van der Waals surface area contributed by atoms with Crippen LogP contribution in [-0.2, 0) is 14.3 Å². The molecule has 5 unspecified atom stereocenters. The lowest BCUT2D eigenvalue weighted by molar-refractivity contribution is -0.148. The van der Waals surface area contributed by atoms with Gasteiger partial charge in [-0.05, 0) is 50.4 Å². The monoisotopic (exact) mass is 336 g/mol. The molecule has 1 saturated heterocycles. The predicted molar refractivity (Wildman–Crippen MR) is 92.4 cm³/mol. The summed E-state index contributed by atoms with van der Waals surface area (Å²) >= 11 is 0. The van der Waals surface area contributed by atoms with E-state index in [2.05, 4.69) is 17.6 Å². The van der Waals surface area contributed by atoms with Gasteiger partial charge in [0.25, 0.3) is 0 Å². The maximum atomic E-state index is 12.7. The average molecular weight is 336 g/mol. The first-order chi connectivity index (χ1) is 11.6. The highest BCUT2D eigenvalue weighted by atomic mass is 16.5. The molecule has 3 rings (SSSR count). The minimum Gasteiger partial charge on any atom is -0.464 e. The Morgan fingerprint density at radius 3 is 2.58 bits per heavy atom. The standard InChI is InChI=1S/C19H32N2O3/c1-3-24-19(23)16(10-13-7-5-8-13)21-18(22)15-11-14-9-4-6-12(2)17(14)20-15/h12-17,20H,3-11H2,1-2H3,(H,21,22). The highest BCUT2D eigenvalue weighted by Gasteiger charge is 2.42. The number of fused-ring (bicyclic) bond motifs is 1. The van der Waals surface area contributed by atoms with Crippen molar-refractivity contribution >= 4 is 11.9 Å². The number of ether oxygens (including phenoxy) is 1. The van der Waals surface area contributed by atoms with E-state index < -0.39 is 6.04 Å². The van der Waals surface area contributed by atoms with Crippen LogP contribution in [0.2, 0.25) is 0 Å². The van der Waals surface area contributed by atoms with E-state index in [9.17, 15) is 9.59 Å². The van der Waals surface area contributed by atoms with E-state index in [-0.39, 0.29) is 17.9 Å². The van der Waals surface area contributed by atoms with E-state index in [0.29, 0.717) is 30.4 Å². The Morgan fingerprint density at radius 2 is 1.96 bits per heavy atom. The first-order valence-electron chi connectivity index (χ1n) is 9.81. The number of amides is 1. The molecule has 1 aliphatic heterocycles. The Morgan fingerprint density at radius 1 is 1.21 bits per heavy atom. The summed E-state index contributed by atoms with van der Waals surface area (Å²) < 4.78 is 5.17. The fraction of sp³-hybridized carbons (Fsp3) is 0.895. The highest BCUT2D eigenvalue weighted by Crippen LogP contribution is 2.37. The highest BCUT2D eigenvalue weighted by molar-refractivity contribution is 5.87. The van der Waals surface area contributed by atoms with Gasteiger partial charge in [-0.1, -0.05) is 32.6 Å². The third-order valence-electron chi connectivity index (χ3n) is 6.29. The smallest absolute Gasteiger partial charge is 0.328 e. The van der Waals surface area contributed by atoms with Crippen LogP contribution >= 0.6 is 0 Å². The van der Waals surface area contributed by atoms with E-state index in [1.165, 1.54) is 25.7 Å². The van der Waals surface area contributed by atoms with Gasteiger partial charge in [-0.15, -0.1) is 0 Å². The molecule has 0 radical (unpaired) electrons. The summed E-state index contributed by atoms with van der Waals surface area (Å²) in [6.07, 6.45) is 8.92. The van der Waals surface area contributed by atoms with Crippen LogP contribution < -0.4 is 10.6 Å². The summed E-state index contributed by atoms with van der Waals surface area (Å²) in [5.41, 5.74) is 0. The van der Waals surface area contributed by atoms with Gasteiger partial charge in [0.2, 0.25) is 5.91 Å². The number of esters is 1. The zero-order valence-corrected chi connectivity index (χ0v) is 15.1. The number of rotatable bonds is 6. The fourth-order valence-electron chi connectivity index (χ4n) is 4.67. The van der Waals surface area contributed by atoms with E-state index in [1.807, 2.05) is 6.92 Å². The molecule has 5 atom stereocenters. The molecule has 0 bridgehead atoms. The molecule has 3 fully saturated rings. The van der Waals surface area contributed by atoms with Crippen molar-refractivity contribution < 1.29 is 14.3 Å². The quantitative estimate of drug-likeness (QED) is 0.731. The Hall–Kier alpha value is -1.10. The maximum absolute atomic E-state index is 12.7. The Balaban J connectivity index is 1.57. The van der Waals surface area contributed by atoms with E-state index in [1.54, 1.807) is 0 Å². The van der Waals surface area contributed by atoms with Crippen LogP contribution in [0.1, 0.15) is 65.2 Å². The summed E-state index contributed by atoms with van der Waals surface area (Å²) in [4.78, 5) is 24.9. The molecule has 5 nitrogen and oxygen atoms in total. The molecular weight excluding hydrogens is 304 g/mol. The van der Waals surface area contributed by atoms with Crippen molar-refractivity contribution in [3.8, 4) is 0 Å². The number of carbonyl (C=O) groups is 2. The molecule has 5 heteroatoms. The first kappa shape index (κ1) is 17.7. The van der Waals surface area contributed by atoms with Crippen LogP contribution in [0.15, 0.2) is 0 Å². The number of carbonyl (C=O) groups excluding carboxylic acids is 2. The summed E-state index contributed by atoms with van der Waals surface area (Å²) in [6, 6.07) is -0.175. The minimum atomic E-state index is -0.482. The first-order valence-corrected chi connectivity index (χ1v) is 9.81. The number of hydrogen-bond acceptors (Lipinski definition) is 4. The van der Waals surface area contributed by atoms with Gasteiger partial charge in [-0.25, -0.2) is 4.79 Å². The van der Waals surface area contributed by atoms with Gasteiger partial charge in [0, 0.05) is 6.04 Å². The lowest BCUT2D eigenvalue weighted by Gasteiger charge is -2.31. The largest absolute Gasteiger partial charge is 0.464 e. The molecule has 0 aromatic heterocycles. The van der Waals surface area contributed by atoms with E-state index in [0.717, 1.165) is 25.7 Å². The lowest BCUT2D eigenvalue weighted by atomic mass is 9.78. The second kappa shape index (κ2) is 7.85. The third-order valence-corrected chi connectivity index (χ3v) is 6.29. The van der Waals surface area contributed by atoms with Crippen molar-refractivity contribution in [2.75, 3.05) is 6.61 Å². The predicted octanol–water partition coefficient (Wildman–Crippen LogP) is 2.39. The summed E-state index contributed by atoms with van der Waals surface area (Å²) in [5.74, 6) is 1.50. The fourth-order valence-corrected chi connectivity index (χ4v) is 4.67. The molecule has 3 aliphatic rings. The zero-order chi connectivity index (χ0) is 17.1. The molecule has 136 valence electrons. The Labute approximate surface area is 145 Å². The molecule has 2 aliphatic carbocycles. The van der Waals surface area contributed by atoms with E-state index >= 15 is 0 Å². The molecule has 24 heavy (non-hydrogen) atoms. The number of nitrogens with one attached hydrogen (secondary N) is 2. The second-order valence-corrected chi connectivity index (χ2v) is 7.99. The van der Waals surface area contributed by atoms with Crippen LogP contribution in [0, 0.1) is 17.8 Å². The normalized spacial score (nSPS) is 34.1. The Bertz CT molecular complexity index is 464. The molecule has 0 aromatic carbocycles. The molecule has 0 spiro atoms. The lowest BCUT2D eigenvalue weighted by Crippen LogP contribution is -2.51. The topological polar surface area (TPSA) is 67.4 Å². The summed E-state index contributed by atoms with van der Waals surface area (Å²) in [6.45, 7) is 4.45.